The van der Waals surface area contributed by atoms with Crippen LogP contribution in [0.4, 0.5) is 50.3 Å². The van der Waals surface area contributed by atoms with Crippen molar-refractivity contribution in [1.29, 1.82) is 0 Å². The summed E-state index contributed by atoms with van der Waals surface area (Å²) >= 11 is 0. The van der Waals surface area contributed by atoms with Gasteiger partial charge in [-0.25, -0.2) is 4.79 Å². The molecule has 4 aromatic carbocycles. The van der Waals surface area contributed by atoms with E-state index in [9.17, 15) is 50.0 Å². The Balaban J connectivity index is 1.53. The highest BCUT2D eigenvalue weighted by atomic mass is 16.6. The summed E-state index contributed by atoms with van der Waals surface area (Å²) < 4.78 is 10.8. The molecule has 0 aliphatic heterocycles. The molecule has 0 N–H and O–H groups in total. The highest BCUT2D eigenvalue weighted by Gasteiger charge is 2.24. The lowest BCUT2D eigenvalue weighted by Crippen LogP contribution is -2.39. The second-order valence-electron chi connectivity index (χ2n) is 15.4. The van der Waals surface area contributed by atoms with Crippen LogP contribution in [0.15, 0.2) is 97.1 Å². The van der Waals surface area contributed by atoms with Gasteiger partial charge in [0, 0.05) is 124 Å². The SMILES string of the molecule is CC(=O)OCCCN(CCCN(CCCN(CCCN(C(=O)OC(C)(C)C)c1ccc([N+](=O)[O-])cc1)c1ccc([N+](=O)[O-])cc1)c1ccc([N+](=O)[O-])cc1)c1ccc([N+](=O)[O-])cc1. The maximum Gasteiger partial charge on any atom is 0.414 e. The van der Waals surface area contributed by atoms with Gasteiger partial charge in [0.05, 0.1) is 26.3 Å². The van der Waals surface area contributed by atoms with Crippen LogP contribution in [-0.4, -0.2) is 89.8 Å². The van der Waals surface area contributed by atoms with Gasteiger partial charge >= 0.3 is 12.1 Å². The summed E-state index contributed by atoms with van der Waals surface area (Å²) in [6.45, 7) is 9.83. The number of hydrogen-bond acceptors (Lipinski definition) is 15. The fourth-order valence-electron chi connectivity index (χ4n) is 6.66. The van der Waals surface area contributed by atoms with Crippen LogP contribution in [-0.2, 0) is 14.3 Å². The van der Waals surface area contributed by atoms with Gasteiger partial charge in [0.1, 0.15) is 5.60 Å². The van der Waals surface area contributed by atoms with E-state index in [0.29, 0.717) is 76.3 Å². The minimum atomic E-state index is -0.815. The normalized spacial score (nSPS) is 11.0. The van der Waals surface area contributed by atoms with Crippen LogP contribution in [0.3, 0.4) is 0 Å². The quantitative estimate of drug-likeness (QED) is 0.0277. The van der Waals surface area contributed by atoms with Crippen LogP contribution >= 0.6 is 0 Å². The average molecular weight is 873 g/mol. The fourth-order valence-corrected chi connectivity index (χ4v) is 6.66. The molecule has 0 fully saturated rings. The van der Waals surface area contributed by atoms with E-state index in [-0.39, 0.29) is 35.9 Å². The van der Waals surface area contributed by atoms with Crippen molar-refractivity contribution in [2.75, 3.05) is 72.0 Å². The molecule has 0 heterocycles. The zero-order valence-corrected chi connectivity index (χ0v) is 35.7. The number of hydrogen-bond donors (Lipinski definition) is 0. The summed E-state index contributed by atoms with van der Waals surface area (Å²) in [5, 5.41) is 45.6. The Bertz CT molecular complexity index is 2160. The molecular weight excluding hydrogens is 821 g/mol. The summed E-state index contributed by atoms with van der Waals surface area (Å²) in [5.74, 6) is -0.396. The zero-order chi connectivity index (χ0) is 46.1. The lowest BCUT2D eigenvalue weighted by atomic mass is 10.2. The molecule has 0 aliphatic carbocycles. The number of carbonyl (C=O) groups is 2. The summed E-state index contributed by atoms with van der Waals surface area (Å²) in [6.07, 6.45) is 1.48. The van der Waals surface area contributed by atoms with E-state index in [4.69, 9.17) is 9.47 Å². The summed E-state index contributed by atoms with van der Waals surface area (Å²) in [7, 11) is 0. The molecule has 0 atom stereocenters. The predicted molar refractivity (Wildman–Crippen MR) is 238 cm³/mol. The monoisotopic (exact) mass is 872 g/mol. The highest BCUT2D eigenvalue weighted by Crippen LogP contribution is 2.26. The highest BCUT2D eigenvalue weighted by molar-refractivity contribution is 5.88. The summed E-state index contributed by atoms with van der Waals surface area (Å²) in [6, 6.07) is 24.2. The average Bonchev–Trinajstić information content (AvgIpc) is 3.24. The first-order valence-electron chi connectivity index (χ1n) is 20.3. The van der Waals surface area contributed by atoms with Crippen molar-refractivity contribution in [2.24, 2.45) is 0 Å². The van der Waals surface area contributed by atoms with Crippen LogP contribution < -0.4 is 19.6 Å². The van der Waals surface area contributed by atoms with E-state index in [1.807, 2.05) is 4.90 Å². The van der Waals surface area contributed by atoms with Crippen molar-refractivity contribution in [3.8, 4) is 0 Å². The van der Waals surface area contributed by atoms with Gasteiger partial charge < -0.3 is 24.2 Å². The molecule has 0 saturated heterocycles. The molecule has 63 heavy (non-hydrogen) atoms. The molecule has 0 spiro atoms. The van der Waals surface area contributed by atoms with Crippen LogP contribution in [0.25, 0.3) is 0 Å². The third-order valence-electron chi connectivity index (χ3n) is 9.66. The Morgan fingerprint density at radius 2 is 0.762 bits per heavy atom. The minimum absolute atomic E-state index is 0.0458. The Morgan fingerprint density at radius 3 is 1.05 bits per heavy atom. The second-order valence-corrected chi connectivity index (χ2v) is 15.4. The van der Waals surface area contributed by atoms with Crippen molar-refractivity contribution in [1.82, 2.24) is 0 Å². The number of esters is 1. The standard InChI is InChI=1S/C43H52N8O12/c1-33(52)62-32-8-30-46(36-13-21-40(22-14-36)50(58)59)28-6-26-44(34-9-17-38(18-10-34)48(54)55)25-5-27-45(35-11-19-39(20-12-35)49(56)57)29-7-31-47(42(53)63-43(2,3)4)37-15-23-41(24-16-37)51(60)61/h9-24H,5-8,25-32H2,1-4H3. The molecule has 1 amide bonds. The van der Waals surface area contributed by atoms with Gasteiger partial charge in [-0.1, -0.05) is 0 Å². The van der Waals surface area contributed by atoms with Gasteiger partial charge in [0.25, 0.3) is 22.7 Å². The molecule has 4 rings (SSSR count). The number of amides is 1. The zero-order valence-electron chi connectivity index (χ0n) is 35.7. The van der Waals surface area contributed by atoms with Gasteiger partial charge in [-0.05, 0) is 95.0 Å². The molecule has 0 aromatic heterocycles. The number of ether oxygens (including phenoxy) is 2. The maximum absolute atomic E-state index is 13.4. The second kappa shape index (κ2) is 23.0. The van der Waals surface area contributed by atoms with E-state index in [2.05, 4.69) is 9.80 Å². The van der Waals surface area contributed by atoms with Crippen molar-refractivity contribution in [2.45, 2.75) is 59.0 Å². The number of anilines is 4. The van der Waals surface area contributed by atoms with Crippen LogP contribution in [0, 0.1) is 40.5 Å². The number of benzene rings is 4. The minimum Gasteiger partial charge on any atom is -0.466 e. The lowest BCUT2D eigenvalue weighted by Gasteiger charge is -2.31. The van der Waals surface area contributed by atoms with Crippen molar-refractivity contribution in [3.63, 3.8) is 0 Å². The molecule has 20 nitrogen and oxygen atoms in total. The number of rotatable bonds is 24. The molecule has 0 bridgehead atoms. The van der Waals surface area contributed by atoms with Gasteiger partial charge in [0.15, 0.2) is 0 Å². The first-order chi connectivity index (χ1) is 29.9. The Morgan fingerprint density at radius 1 is 0.476 bits per heavy atom. The molecule has 0 radical (unpaired) electrons. The first-order valence-corrected chi connectivity index (χ1v) is 20.3. The van der Waals surface area contributed by atoms with Crippen molar-refractivity contribution < 1.29 is 38.8 Å². The molecular formula is C43H52N8O12. The third-order valence-corrected chi connectivity index (χ3v) is 9.66. The summed E-state index contributed by atoms with van der Waals surface area (Å²) in [4.78, 5) is 76.0. The van der Waals surface area contributed by atoms with E-state index in [0.717, 1.165) is 11.4 Å². The first kappa shape index (κ1) is 48.3. The van der Waals surface area contributed by atoms with E-state index in [1.165, 1.54) is 72.5 Å². The van der Waals surface area contributed by atoms with E-state index >= 15 is 0 Å². The molecule has 0 unspecified atom stereocenters. The van der Waals surface area contributed by atoms with E-state index in [1.54, 1.807) is 57.2 Å². The van der Waals surface area contributed by atoms with Crippen molar-refractivity contribution in [3.05, 3.63) is 138 Å². The Hall–Kier alpha value is -7.38. The van der Waals surface area contributed by atoms with Gasteiger partial charge in [0.2, 0.25) is 0 Å². The smallest absolute Gasteiger partial charge is 0.414 e. The van der Waals surface area contributed by atoms with E-state index < -0.39 is 37.4 Å². The summed E-state index contributed by atoms with van der Waals surface area (Å²) in [5.41, 5.74) is 1.48. The van der Waals surface area contributed by atoms with Gasteiger partial charge in [-0.3, -0.25) is 50.2 Å². The number of nitrogens with zero attached hydrogens (tertiary/aromatic N) is 8. The molecule has 0 aliphatic rings. The number of nitro groups is 4. The maximum atomic E-state index is 13.4. The Kier molecular flexibility index (Phi) is 17.6. The number of non-ortho nitro benzene ring substituents is 4. The molecule has 336 valence electrons. The molecule has 0 saturated carbocycles. The van der Waals surface area contributed by atoms with Crippen LogP contribution in [0.5, 0.6) is 0 Å². The van der Waals surface area contributed by atoms with Gasteiger partial charge in [-0.2, -0.15) is 0 Å². The van der Waals surface area contributed by atoms with Crippen LogP contribution in [0.2, 0.25) is 0 Å². The van der Waals surface area contributed by atoms with Crippen LogP contribution in [0.1, 0.15) is 53.4 Å². The largest absolute Gasteiger partial charge is 0.466 e. The fraction of sp³-hybridized carbons (Fsp3) is 0.395. The lowest BCUT2D eigenvalue weighted by molar-refractivity contribution is -0.385. The number of nitro benzene ring substituents is 4. The molecule has 4 aromatic rings. The van der Waals surface area contributed by atoms with Crippen molar-refractivity contribution >= 4 is 57.6 Å². The van der Waals surface area contributed by atoms with Gasteiger partial charge in [-0.15, -0.1) is 0 Å². The molecule has 20 heteroatoms. The predicted octanol–water partition coefficient (Wildman–Crippen LogP) is 8.70. The Labute approximate surface area is 364 Å². The topological polar surface area (TPSA) is 238 Å². The third kappa shape index (κ3) is 15.5. The number of carbonyl (C=O) groups excluding carboxylic acids is 2.